The zero-order valence-electron chi connectivity index (χ0n) is 16.9. The summed E-state index contributed by atoms with van der Waals surface area (Å²) in [4.78, 5) is 24.3. The zero-order chi connectivity index (χ0) is 20.7. The van der Waals surface area contributed by atoms with E-state index in [0.717, 1.165) is 22.3 Å². The fraction of sp³-hybridized carbons (Fsp3) is 0.391. The Morgan fingerprint density at radius 1 is 1.11 bits per heavy atom. The Morgan fingerprint density at radius 3 is 2.46 bits per heavy atom. The molecule has 0 radical (unpaired) electrons. The monoisotopic (exact) mass is 383 g/mol. The standard InChI is InChI=1S/C23H29NO4/c1-15(2)12-21(25)23(27)24-20(14-22(26)28-4)18-10-7-9-17(13-18)19-11-6-5-8-16(19)3/h5-11,13,15,20-21,25H,12,14H2,1-4H3,(H,24,27)/t20-,21+/m0/s1. The average molecular weight is 383 g/mol. The number of rotatable bonds is 8. The summed E-state index contributed by atoms with van der Waals surface area (Å²) in [6.07, 6.45) is -0.756. The summed E-state index contributed by atoms with van der Waals surface area (Å²) in [5.41, 5.74) is 4.02. The summed E-state index contributed by atoms with van der Waals surface area (Å²) < 4.78 is 4.79. The largest absolute Gasteiger partial charge is 0.469 e. The van der Waals surface area contributed by atoms with Gasteiger partial charge < -0.3 is 15.2 Å². The molecule has 2 aromatic rings. The van der Waals surface area contributed by atoms with E-state index < -0.39 is 24.0 Å². The van der Waals surface area contributed by atoms with Gasteiger partial charge in [0.15, 0.2) is 0 Å². The number of carbonyl (C=O) groups excluding carboxylic acids is 2. The lowest BCUT2D eigenvalue weighted by molar-refractivity contribution is -0.141. The molecule has 28 heavy (non-hydrogen) atoms. The first-order chi connectivity index (χ1) is 13.3. The first-order valence-corrected chi connectivity index (χ1v) is 9.53. The molecule has 1 amide bonds. The minimum absolute atomic E-state index is 0.00609. The maximum atomic E-state index is 12.4. The van der Waals surface area contributed by atoms with Crippen LogP contribution in [0.5, 0.6) is 0 Å². The first-order valence-electron chi connectivity index (χ1n) is 9.53. The number of hydrogen-bond donors (Lipinski definition) is 2. The topological polar surface area (TPSA) is 75.6 Å². The van der Waals surface area contributed by atoms with Crippen LogP contribution in [0.4, 0.5) is 0 Å². The Morgan fingerprint density at radius 2 is 1.82 bits per heavy atom. The number of amides is 1. The molecule has 0 spiro atoms. The number of carbonyl (C=O) groups is 2. The number of benzene rings is 2. The fourth-order valence-electron chi connectivity index (χ4n) is 3.14. The summed E-state index contributed by atoms with van der Waals surface area (Å²) in [5.74, 6) is -0.724. The highest BCUT2D eigenvalue weighted by Gasteiger charge is 2.24. The summed E-state index contributed by atoms with van der Waals surface area (Å²) in [6, 6.07) is 15.2. The summed E-state index contributed by atoms with van der Waals surface area (Å²) in [7, 11) is 1.32. The summed E-state index contributed by atoms with van der Waals surface area (Å²) in [6.45, 7) is 5.92. The van der Waals surface area contributed by atoms with Crippen LogP contribution < -0.4 is 5.32 Å². The van der Waals surface area contributed by atoms with Crippen molar-refractivity contribution in [2.75, 3.05) is 7.11 Å². The zero-order valence-corrected chi connectivity index (χ0v) is 16.9. The number of nitrogens with one attached hydrogen (secondary N) is 1. The molecule has 5 heteroatoms. The van der Waals surface area contributed by atoms with Gasteiger partial charge in [0.1, 0.15) is 6.10 Å². The van der Waals surface area contributed by atoms with Crippen LogP contribution in [0.1, 0.15) is 43.9 Å². The van der Waals surface area contributed by atoms with Crippen molar-refractivity contribution in [2.45, 2.75) is 45.8 Å². The van der Waals surface area contributed by atoms with Crippen LogP contribution in [0.3, 0.4) is 0 Å². The van der Waals surface area contributed by atoms with Crippen molar-refractivity contribution in [1.29, 1.82) is 0 Å². The number of aliphatic hydroxyl groups excluding tert-OH is 1. The highest BCUT2D eigenvalue weighted by molar-refractivity contribution is 5.82. The van der Waals surface area contributed by atoms with E-state index in [1.54, 1.807) is 0 Å². The lowest BCUT2D eigenvalue weighted by Gasteiger charge is -2.22. The van der Waals surface area contributed by atoms with Gasteiger partial charge in [-0.25, -0.2) is 0 Å². The fourth-order valence-corrected chi connectivity index (χ4v) is 3.14. The predicted molar refractivity (Wildman–Crippen MR) is 110 cm³/mol. The average Bonchev–Trinajstić information content (AvgIpc) is 2.67. The third-order valence-electron chi connectivity index (χ3n) is 4.66. The van der Waals surface area contributed by atoms with Gasteiger partial charge in [-0.05, 0) is 47.6 Å². The Hall–Kier alpha value is -2.66. The van der Waals surface area contributed by atoms with Crippen LogP contribution in [0.25, 0.3) is 11.1 Å². The molecule has 0 fully saturated rings. The Balaban J connectivity index is 2.31. The van der Waals surface area contributed by atoms with Gasteiger partial charge in [0.2, 0.25) is 5.91 Å². The Bertz CT molecular complexity index is 816. The van der Waals surface area contributed by atoms with Gasteiger partial charge in [-0.1, -0.05) is 56.3 Å². The molecule has 0 bridgehead atoms. The molecule has 0 heterocycles. The number of aliphatic hydroxyl groups is 1. The molecule has 5 nitrogen and oxygen atoms in total. The van der Waals surface area contributed by atoms with Crippen molar-refractivity contribution in [3.05, 3.63) is 59.7 Å². The Kier molecular flexibility index (Phi) is 7.76. The van der Waals surface area contributed by atoms with Crippen molar-refractivity contribution >= 4 is 11.9 Å². The van der Waals surface area contributed by atoms with Gasteiger partial charge >= 0.3 is 5.97 Å². The van der Waals surface area contributed by atoms with Gasteiger partial charge in [-0.15, -0.1) is 0 Å². The smallest absolute Gasteiger partial charge is 0.307 e. The van der Waals surface area contributed by atoms with E-state index in [4.69, 9.17) is 4.74 Å². The van der Waals surface area contributed by atoms with Crippen LogP contribution in [0.15, 0.2) is 48.5 Å². The van der Waals surface area contributed by atoms with Crippen LogP contribution >= 0.6 is 0 Å². The van der Waals surface area contributed by atoms with Crippen LogP contribution in [0.2, 0.25) is 0 Å². The molecule has 0 aromatic heterocycles. The van der Waals surface area contributed by atoms with Gasteiger partial charge in [-0.3, -0.25) is 9.59 Å². The third kappa shape index (κ3) is 5.92. The molecule has 2 aromatic carbocycles. The van der Waals surface area contributed by atoms with E-state index in [1.807, 2.05) is 69.3 Å². The second-order valence-corrected chi connectivity index (χ2v) is 7.43. The molecule has 0 aliphatic carbocycles. The van der Waals surface area contributed by atoms with Gasteiger partial charge in [-0.2, -0.15) is 0 Å². The molecule has 0 aliphatic rings. The molecule has 2 rings (SSSR count). The van der Waals surface area contributed by atoms with Gasteiger partial charge in [0.05, 0.1) is 19.6 Å². The summed E-state index contributed by atoms with van der Waals surface area (Å²) in [5, 5.41) is 12.9. The molecule has 0 aliphatic heterocycles. The maximum absolute atomic E-state index is 12.4. The minimum Gasteiger partial charge on any atom is -0.469 e. The van der Waals surface area contributed by atoms with E-state index in [1.165, 1.54) is 7.11 Å². The SMILES string of the molecule is COC(=O)C[C@H](NC(=O)[C@H](O)CC(C)C)c1cccc(-c2ccccc2C)c1. The first kappa shape index (κ1) is 21.6. The molecule has 2 N–H and O–H groups in total. The molecule has 150 valence electrons. The highest BCUT2D eigenvalue weighted by atomic mass is 16.5. The second-order valence-electron chi connectivity index (χ2n) is 7.43. The van der Waals surface area contributed by atoms with Crippen molar-refractivity contribution in [2.24, 2.45) is 5.92 Å². The van der Waals surface area contributed by atoms with E-state index in [-0.39, 0.29) is 12.3 Å². The van der Waals surface area contributed by atoms with Crippen LogP contribution in [-0.4, -0.2) is 30.2 Å². The van der Waals surface area contributed by atoms with E-state index in [2.05, 4.69) is 5.32 Å². The Labute approximate surface area is 166 Å². The molecular formula is C23H29NO4. The maximum Gasteiger partial charge on any atom is 0.307 e. The molecular weight excluding hydrogens is 354 g/mol. The van der Waals surface area contributed by atoms with Crippen LogP contribution in [-0.2, 0) is 14.3 Å². The normalized spacial score (nSPS) is 13.1. The molecule has 0 saturated heterocycles. The van der Waals surface area contributed by atoms with Gasteiger partial charge in [0, 0.05) is 0 Å². The molecule has 2 atom stereocenters. The van der Waals surface area contributed by atoms with E-state index in [0.29, 0.717) is 6.42 Å². The van der Waals surface area contributed by atoms with E-state index >= 15 is 0 Å². The van der Waals surface area contributed by atoms with Crippen molar-refractivity contribution < 1.29 is 19.4 Å². The predicted octanol–water partition coefficient (Wildman–Crippen LogP) is 3.79. The molecule has 0 saturated carbocycles. The minimum atomic E-state index is -1.11. The number of methoxy groups -OCH3 is 1. The number of esters is 1. The second kappa shape index (κ2) is 10.0. The van der Waals surface area contributed by atoms with Crippen LogP contribution in [0, 0.1) is 12.8 Å². The highest BCUT2D eigenvalue weighted by Crippen LogP contribution is 2.27. The quantitative estimate of drug-likeness (QED) is 0.680. The molecule has 0 unspecified atom stereocenters. The number of aryl methyl sites for hydroxylation is 1. The lowest BCUT2D eigenvalue weighted by atomic mass is 9.95. The number of hydrogen-bond acceptors (Lipinski definition) is 4. The van der Waals surface area contributed by atoms with Crippen molar-refractivity contribution in [1.82, 2.24) is 5.32 Å². The summed E-state index contributed by atoms with van der Waals surface area (Å²) >= 11 is 0. The van der Waals surface area contributed by atoms with E-state index in [9.17, 15) is 14.7 Å². The van der Waals surface area contributed by atoms with Crippen molar-refractivity contribution in [3.8, 4) is 11.1 Å². The van der Waals surface area contributed by atoms with Crippen molar-refractivity contribution in [3.63, 3.8) is 0 Å². The third-order valence-corrected chi connectivity index (χ3v) is 4.66. The number of ether oxygens (including phenoxy) is 1. The van der Waals surface area contributed by atoms with Gasteiger partial charge in [0.25, 0.3) is 0 Å². The lowest BCUT2D eigenvalue weighted by Crippen LogP contribution is -2.38.